The molecule has 1 saturated heterocycles. The van der Waals surface area contributed by atoms with E-state index in [1.54, 1.807) is 12.3 Å². The normalized spacial score (nSPS) is 20.5. The molecular weight excluding hydrogens is 341 g/mol. The number of ether oxygens (including phenoxy) is 1. The minimum Gasteiger partial charge on any atom is -0.376 e. The minimum absolute atomic E-state index is 0.0717. The van der Waals surface area contributed by atoms with Gasteiger partial charge < -0.3 is 10.1 Å². The highest BCUT2D eigenvalue weighted by Gasteiger charge is 2.16. The van der Waals surface area contributed by atoms with Crippen molar-refractivity contribution in [3.8, 4) is 0 Å². The number of rotatable bonds is 6. The average Bonchev–Trinajstić information content (AvgIpc) is 3.03. The third-order valence-electron chi connectivity index (χ3n) is 4.37. The van der Waals surface area contributed by atoms with E-state index in [9.17, 15) is 9.18 Å². The van der Waals surface area contributed by atoms with Crippen LogP contribution in [0.2, 0.25) is 0 Å². The lowest BCUT2D eigenvalue weighted by atomic mass is 9.90. The molecule has 2 aliphatic rings. The highest BCUT2D eigenvalue weighted by atomic mass is 32.2. The molecule has 0 unspecified atom stereocenters. The standard InChI is InChI=1S/C18H22FN3O2S/c19-16-7-6-14(9-20-22-18-21-17(23)12-25-18)15(8-16)11-24-10-13-4-2-1-3-5-13/h6-9,13H,1-5,10-12H2,(H,21,22,23). The van der Waals surface area contributed by atoms with Crippen LogP contribution in [-0.4, -0.2) is 29.6 Å². The molecule has 3 rings (SSSR count). The van der Waals surface area contributed by atoms with Crippen molar-refractivity contribution in [2.45, 2.75) is 38.7 Å². The molecule has 1 aliphatic carbocycles. The van der Waals surface area contributed by atoms with Crippen molar-refractivity contribution >= 4 is 29.1 Å². The summed E-state index contributed by atoms with van der Waals surface area (Å²) in [4.78, 5) is 11.1. The Labute approximate surface area is 151 Å². The van der Waals surface area contributed by atoms with Crippen LogP contribution in [0.25, 0.3) is 0 Å². The molecular formula is C18H22FN3O2S. The van der Waals surface area contributed by atoms with Gasteiger partial charge in [0.2, 0.25) is 5.91 Å². The predicted octanol–water partition coefficient (Wildman–Crippen LogP) is 3.48. The first-order valence-corrected chi connectivity index (χ1v) is 9.59. The summed E-state index contributed by atoms with van der Waals surface area (Å²) in [6, 6.07) is 4.53. The van der Waals surface area contributed by atoms with Crippen molar-refractivity contribution in [3.05, 3.63) is 35.1 Å². The maximum absolute atomic E-state index is 13.6. The summed E-state index contributed by atoms with van der Waals surface area (Å²) in [5.74, 6) is 0.621. The molecule has 5 nitrogen and oxygen atoms in total. The SMILES string of the molecule is O=C1CSC(=NN=Cc2ccc(F)cc2COCC2CCCCC2)N1. The number of amides is 1. The number of halogens is 1. The molecule has 0 bridgehead atoms. The lowest BCUT2D eigenvalue weighted by Crippen LogP contribution is -2.19. The molecule has 1 N–H and O–H groups in total. The van der Waals surface area contributed by atoms with E-state index in [0.29, 0.717) is 23.4 Å². The van der Waals surface area contributed by atoms with Gasteiger partial charge in [-0.1, -0.05) is 37.1 Å². The molecule has 0 atom stereocenters. The Morgan fingerprint density at radius 1 is 1.32 bits per heavy atom. The number of carbonyl (C=O) groups excluding carboxylic acids is 1. The maximum atomic E-state index is 13.6. The van der Waals surface area contributed by atoms with Crippen molar-refractivity contribution in [2.75, 3.05) is 12.4 Å². The zero-order valence-electron chi connectivity index (χ0n) is 14.0. The van der Waals surface area contributed by atoms with Crippen LogP contribution in [-0.2, 0) is 16.1 Å². The molecule has 0 radical (unpaired) electrons. The Balaban J connectivity index is 1.58. The summed E-state index contributed by atoms with van der Waals surface area (Å²) in [5, 5.41) is 11.1. The van der Waals surface area contributed by atoms with E-state index in [-0.39, 0.29) is 11.7 Å². The van der Waals surface area contributed by atoms with Crippen LogP contribution in [0.3, 0.4) is 0 Å². The average molecular weight is 363 g/mol. The van der Waals surface area contributed by atoms with E-state index in [1.807, 2.05) is 0 Å². The Bertz CT molecular complexity index is 672. The fourth-order valence-corrected chi connectivity index (χ4v) is 3.67. The van der Waals surface area contributed by atoms with Crippen LogP contribution >= 0.6 is 11.8 Å². The molecule has 0 aromatic heterocycles. The third kappa shape index (κ3) is 5.64. The van der Waals surface area contributed by atoms with Gasteiger partial charge in [-0.15, -0.1) is 5.10 Å². The summed E-state index contributed by atoms with van der Waals surface area (Å²) in [5.41, 5.74) is 1.52. The first-order valence-electron chi connectivity index (χ1n) is 8.60. The number of carbonyl (C=O) groups is 1. The van der Waals surface area contributed by atoms with E-state index in [0.717, 1.165) is 17.7 Å². The Kier molecular flexibility index (Phi) is 6.58. The largest absolute Gasteiger partial charge is 0.376 e. The third-order valence-corrected chi connectivity index (χ3v) is 5.24. The Morgan fingerprint density at radius 3 is 2.92 bits per heavy atom. The fraction of sp³-hybridized carbons (Fsp3) is 0.500. The lowest BCUT2D eigenvalue weighted by Gasteiger charge is -2.21. The second-order valence-electron chi connectivity index (χ2n) is 6.35. The minimum atomic E-state index is -0.293. The summed E-state index contributed by atoms with van der Waals surface area (Å²) in [6.07, 6.45) is 7.89. The summed E-state index contributed by atoms with van der Waals surface area (Å²) in [6.45, 7) is 1.08. The molecule has 7 heteroatoms. The molecule has 1 saturated carbocycles. The molecule has 2 fully saturated rings. The van der Waals surface area contributed by atoms with Crippen LogP contribution in [0.15, 0.2) is 28.4 Å². The van der Waals surface area contributed by atoms with Crippen LogP contribution < -0.4 is 5.32 Å². The van der Waals surface area contributed by atoms with Crippen molar-refractivity contribution < 1.29 is 13.9 Å². The van der Waals surface area contributed by atoms with Gasteiger partial charge in [0.25, 0.3) is 0 Å². The zero-order chi connectivity index (χ0) is 17.5. The number of nitrogens with one attached hydrogen (secondary N) is 1. The molecule has 1 aliphatic heterocycles. The van der Waals surface area contributed by atoms with Gasteiger partial charge in [-0.25, -0.2) is 4.39 Å². The molecule has 0 spiro atoms. The zero-order valence-corrected chi connectivity index (χ0v) is 14.9. The first-order chi connectivity index (χ1) is 12.2. The number of amidine groups is 1. The quantitative estimate of drug-likeness (QED) is 0.622. The molecule has 25 heavy (non-hydrogen) atoms. The molecule has 1 aromatic rings. The van der Waals surface area contributed by atoms with E-state index < -0.39 is 0 Å². The fourth-order valence-electron chi connectivity index (χ4n) is 3.04. The van der Waals surface area contributed by atoms with E-state index in [2.05, 4.69) is 15.5 Å². The lowest BCUT2D eigenvalue weighted by molar-refractivity contribution is -0.116. The summed E-state index contributed by atoms with van der Waals surface area (Å²) < 4.78 is 19.4. The van der Waals surface area contributed by atoms with E-state index >= 15 is 0 Å². The number of nitrogens with zero attached hydrogens (tertiary/aromatic N) is 2. The van der Waals surface area contributed by atoms with Crippen LogP contribution in [0, 0.1) is 11.7 Å². The molecule has 1 aromatic carbocycles. The summed E-state index contributed by atoms with van der Waals surface area (Å²) in [7, 11) is 0. The van der Waals surface area contributed by atoms with Crippen molar-refractivity contribution in [2.24, 2.45) is 16.1 Å². The monoisotopic (exact) mass is 363 g/mol. The van der Waals surface area contributed by atoms with E-state index in [1.165, 1.54) is 56.0 Å². The first kappa shape index (κ1) is 18.1. The maximum Gasteiger partial charge on any atom is 0.236 e. The van der Waals surface area contributed by atoms with Crippen molar-refractivity contribution in [3.63, 3.8) is 0 Å². The van der Waals surface area contributed by atoms with Crippen LogP contribution in [0.4, 0.5) is 4.39 Å². The second kappa shape index (κ2) is 9.10. The molecule has 1 amide bonds. The van der Waals surface area contributed by atoms with Gasteiger partial charge >= 0.3 is 0 Å². The highest BCUT2D eigenvalue weighted by Crippen LogP contribution is 2.24. The van der Waals surface area contributed by atoms with Gasteiger partial charge in [0.05, 0.1) is 18.6 Å². The number of hydrogen-bond donors (Lipinski definition) is 1. The predicted molar refractivity (Wildman–Crippen MR) is 98.3 cm³/mol. The molecule has 134 valence electrons. The Hall–Kier alpha value is -1.73. The smallest absolute Gasteiger partial charge is 0.236 e. The van der Waals surface area contributed by atoms with Crippen molar-refractivity contribution in [1.29, 1.82) is 0 Å². The number of benzene rings is 1. The van der Waals surface area contributed by atoms with Gasteiger partial charge in [-0.05, 0) is 36.5 Å². The van der Waals surface area contributed by atoms with Gasteiger partial charge in [0, 0.05) is 12.2 Å². The second-order valence-corrected chi connectivity index (χ2v) is 7.31. The van der Waals surface area contributed by atoms with Gasteiger partial charge in [0.1, 0.15) is 5.82 Å². The van der Waals surface area contributed by atoms with Crippen LogP contribution in [0.5, 0.6) is 0 Å². The van der Waals surface area contributed by atoms with Gasteiger partial charge in [-0.3, -0.25) is 4.79 Å². The number of hydrogen-bond acceptors (Lipinski definition) is 5. The van der Waals surface area contributed by atoms with Gasteiger partial charge in [0.15, 0.2) is 5.17 Å². The topological polar surface area (TPSA) is 63.0 Å². The van der Waals surface area contributed by atoms with Crippen LogP contribution in [0.1, 0.15) is 43.2 Å². The molecule has 1 heterocycles. The van der Waals surface area contributed by atoms with Crippen molar-refractivity contribution in [1.82, 2.24) is 5.32 Å². The van der Waals surface area contributed by atoms with E-state index in [4.69, 9.17) is 4.74 Å². The number of thioether (sulfide) groups is 1. The highest BCUT2D eigenvalue weighted by molar-refractivity contribution is 8.15. The van der Waals surface area contributed by atoms with Gasteiger partial charge in [-0.2, -0.15) is 5.10 Å². The summed E-state index contributed by atoms with van der Waals surface area (Å²) >= 11 is 1.31. The Morgan fingerprint density at radius 2 is 2.16 bits per heavy atom.